The summed E-state index contributed by atoms with van der Waals surface area (Å²) in [5.74, 6) is 0. The van der Waals surface area contributed by atoms with Crippen LogP contribution in [0.5, 0.6) is 0 Å². The van der Waals surface area contributed by atoms with Crippen molar-refractivity contribution in [3.8, 4) is 0 Å². The molecule has 2 aromatic carbocycles. The fourth-order valence-electron chi connectivity index (χ4n) is 2.77. The van der Waals surface area contributed by atoms with Crippen LogP contribution in [0, 0.1) is 13.8 Å². The van der Waals surface area contributed by atoms with Crippen LogP contribution in [0.1, 0.15) is 18.1 Å². The molecule has 0 amide bonds. The largest absolute Gasteiger partial charge is 0.379 e. The summed E-state index contributed by atoms with van der Waals surface area (Å²) < 4.78 is 0.999. The highest BCUT2D eigenvalue weighted by Crippen LogP contribution is 2.21. The second kappa shape index (κ2) is 9.50. The van der Waals surface area contributed by atoms with Gasteiger partial charge in [-0.05, 0) is 56.2 Å². The molecule has 0 aromatic heterocycles. The molecule has 0 aliphatic heterocycles. The molecule has 0 saturated carbocycles. The summed E-state index contributed by atoms with van der Waals surface area (Å²) >= 11 is 12.4. The molecule has 2 rings (SSSR count). The van der Waals surface area contributed by atoms with Gasteiger partial charge in [-0.3, -0.25) is 0 Å². The molecule has 0 spiro atoms. The Kier molecular flexibility index (Phi) is 7.63. The molecule has 142 valence electrons. The van der Waals surface area contributed by atoms with Gasteiger partial charge in [0.15, 0.2) is 0 Å². The smallest absolute Gasteiger partial charge is 0.0960 e. The third-order valence-electron chi connectivity index (χ3n) is 5.07. The number of anilines is 2. The van der Waals surface area contributed by atoms with E-state index in [2.05, 4.69) is 48.9 Å². The predicted octanol–water partition coefficient (Wildman–Crippen LogP) is 5.60. The number of hydrogen-bond acceptors (Lipinski definition) is 2. The van der Waals surface area contributed by atoms with E-state index in [-0.39, 0.29) is 0 Å². The Morgan fingerprint density at radius 2 is 1.23 bits per heavy atom. The van der Waals surface area contributed by atoms with E-state index in [1.54, 1.807) is 0 Å². The van der Waals surface area contributed by atoms with Crippen molar-refractivity contribution in [3.63, 3.8) is 0 Å². The zero-order valence-corrected chi connectivity index (χ0v) is 17.7. The third kappa shape index (κ3) is 6.08. The van der Waals surface area contributed by atoms with Gasteiger partial charge in [0.25, 0.3) is 0 Å². The number of hydrogen-bond donors (Lipinski definition) is 2. The third-order valence-corrected chi connectivity index (χ3v) is 5.88. The molecular formula is C21H30Cl2N3+. The fourth-order valence-corrected chi connectivity index (χ4v) is 3.14. The van der Waals surface area contributed by atoms with E-state index in [0.29, 0.717) is 0 Å². The van der Waals surface area contributed by atoms with Gasteiger partial charge in [0.2, 0.25) is 0 Å². The molecule has 0 unspecified atom stereocenters. The Labute approximate surface area is 167 Å². The van der Waals surface area contributed by atoms with Gasteiger partial charge in [-0.1, -0.05) is 35.3 Å². The van der Waals surface area contributed by atoms with Crippen molar-refractivity contribution in [2.24, 2.45) is 0 Å². The van der Waals surface area contributed by atoms with Gasteiger partial charge in [0, 0.05) is 21.4 Å². The predicted molar refractivity (Wildman–Crippen MR) is 116 cm³/mol. The molecule has 0 aliphatic carbocycles. The number of quaternary nitrogens is 1. The van der Waals surface area contributed by atoms with Gasteiger partial charge in [-0.15, -0.1) is 0 Å². The fraction of sp³-hybridized carbons (Fsp3) is 0.429. The lowest BCUT2D eigenvalue weighted by Crippen LogP contribution is -2.49. The van der Waals surface area contributed by atoms with Gasteiger partial charge < -0.3 is 15.1 Å². The quantitative estimate of drug-likeness (QED) is 0.540. The highest BCUT2D eigenvalue weighted by molar-refractivity contribution is 6.31. The summed E-state index contributed by atoms with van der Waals surface area (Å²) in [5.41, 5.74) is 4.37. The number of aryl methyl sites for hydroxylation is 2. The highest BCUT2D eigenvalue weighted by atomic mass is 35.5. The van der Waals surface area contributed by atoms with E-state index >= 15 is 0 Å². The second-order valence-corrected chi connectivity index (χ2v) is 7.98. The van der Waals surface area contributed by atoms with E-state index in [1.807, 2.05) is 26.0 Å². The molecule has 26 heavy (non-hydrogen) atoms. The lowest BCUT2D eigenvalue weighted by molar-refractivity contribution is -0.904. The van der Waals surface area contributed by atoms with Crippen molar-refractivity contribution in [1.29, 1.82) is 0 Å². The van der Waals surface area contributed by atoms with Crippen molar-refractivity contribution in [1.82, 2.24) is 0 Å². The maximum atomic E-state index is 6.20. The zero-order chi connectivity index (χ0) is 19.2. The van der Waals surface area contributed by atoms with Crippen LogP contribution in [-0.2, 0) is 0 Å². The molecule has 0 bridgehead atoms. The van der Waals surface area contributed by atoms with Gasteiger partial charge in [-0.2, -0.15) is 0 Å². The first-order chi connectivity index (χ1) is 12.3. The van der Waals surface area contributed by atoms with Crippen molar-refractivity contribution >= 4 is 34.6 Å². The topological polar surface area (TPSA) is 24.1 Å². The molecule has 0 radical (unpaired) electrons. The van der Waals surface area contributed by atoms with Crippen molar-refractivity contribution in [3.05, 3.63) is 57.6 Å². The lowest BCUT2D eigenvalue weighted by atomic mass is 10.2. The van der Waals surface area contributed by atoms with Gasteiger partial charge >= 0.3 is 0 Å². The first-order valence-electron chi connectivity index (χ1n) is 9.16. The Balaban J connectivity index is 1.81. The normalized spacial score (nSPS) is 11.5. The van der Waals surface area contributed by atoms with E-state index in [1.165, 1.54) is 0 Å². The summed E-state index contributed by atoms with van der Waals surface area (Å²) in [6.07, 6.45) is 0. The summed E-state index contributed by atoms with van der Waals surface area (Å²) in [6, 6.07) is 12.3. The van der Waals surface area contributed by atoms with Crippen LogP contribution in [0.2, 0.25) is 10.0 Å². The zero-order valence-electron chi connectivity index (χ0n) is 16.2. The summed E-state index contributed by atoms with van der Waals surface area (Å²) in [5, 5.41) is 8.59. The monoisotopic (exact) mass is 394 g/mol. The summed E-state index contributed by atoms with van der Waals surface area (Å²) in [6.45, 7) is 11.3. The van der Waals surface area contributed by atoms with E-state index in [4.69, 9.17) is 23.2 Å². The molecule has 2 aromatic rings. The van der Waals surface area contributed by atoms with Crippen LogP contribution in [-0.4, -0.2) is 44.3 Å². The Morgan fingerprint density at radius 1 is 0.808 bits per heavy atom. The van der Waals surface area contributed by atoms with Crippen LogP contribution in [0.25, 0.3) is 0 Å². The van der Waals surface area contributed by atoms with E-state index < -0.39 is 0 Å². The van der Waals surface area contributed by atoms with Crippen molar-refractivity contribution < 1.29 is 4.48 Å². The Hall–Kier alpha value is -1.42. The minimum Gasteiger partial charge on any atom is -0.379 e. The SMILES string of the molecule is CC[N+](C)(CCNc1ccc(C)c(Cl)c1)CCNc1ccc(C)c(Cl)c1. The number of likely N-dealkylation sites (N-methyl/N-ethyl adjacent to an activating group) is 1. The van der Waals surface area contributed by atoms with Crippen molar-refractivity contribution in [2.75, 3.05) is 50.4 Å². The minimum atomic E-state index is 0.809. The Morgan fingerprint density at radius 3 is 1.58 bits per heavy atom. The minimum absolute atomic E-state index is 0.809. The number of nitrogens with one attached hydrogen (secondary N) is 2. The van der Waals surface area contributed by atoms with Crippen LogP contribution in [0.4, 0.5) is 11.4 Å². The molecule has 0 fully saturated rings. The highest BCUT2D eigenvalue weighted by Gasteiger charge is 2.18. The van der Waals surface area contributed by atoms with Crippen LogP contribution < -0.4 is 10.6 Å². The van der Waals surface area contributed by atoms with Gasteiger partial charge in [-0.25, -0.2) is 0 Å². The molecular weight excluding hydrogens is 365 g/mol. The molecule has 0 heterocycles. The number of nitrogens with zero attached hydrogens (tertiary/aromatic N) is 1. The first kappa shape index (κ1) is 20.9. The van der Waals surface area contributed by atoms with Crippen LogP contribution in [0.15, 0.2) is 36.4 Å². The average molecular weight is 395 g/mol. The van der Waals surface area contributed by atoms with E-state index in [0.717, 1.165) is 69.8 Å². The molecule has 5 heteroatoms. The molecule has 0 aliphatic rings. The summed E-state index contributed by atoms with van der Waals surface area (Å²) in [4.78, 5) is 0. The van der Waals surface area contributed by atoms with Crippen molar-refractivity contribution in [2.45, 2.75) is 20.8 Å². The number of rotatable bonds is 9. The standard InChI is InChI=1S/C21H30Cl2N3/c1-5-26(4,12-10-24-18-8-6-16(2)20(22)14-18)13-11-25-19-9-7-17(3)21(23)15-19/h6-9,14-15,24-25H,5,10-13H2,1-4H3/q+1. The molecule has 2 N–H and O–H groups in total. The van der Waals surface area contributed by atoms with Gasteiger partial charge in [0.05, 0.1) is 39.8 Å². The number of halogens is 2. The molecule has 0 atom stereocenters. The van der Waals surface area contributed by atoms with Gasteiger partial charge in [0.1, 0.15) is 0 Å². The van der Waals surface area contributed by atoms with Crippen LogP contribution >= 0.6 is 23.2 Å². The number of benzene rings is 2. The first-order valence-corrected chi connectivity index (χ1v) is 9.92. The summed E-state index contributed by atoms with van der Waals surface area (Å²) in [7, 11) is 2.30. The van der Waals surface area contributed by atoms with Crippen LogP contribution in [0.3, 0.4) is 0 Å². The maximum Gasteiger partial charge on any atom is 0.0960 e. The average Bonchev–Trinajstić information content (AvgIpc) is 2.61. The molecule has 3 nitrogen and oxygen atoms in total. The molecule has 0 saturated heterocycles. The van der Waals surface area contributed by atoms with E-state index in [9.17, 15) is 0 Å². The maximum absolute atomic E-state index is 6.20. The second-order valence-electron chi connectivity index (χ2n) is 7.16. The Bertz CT molecular complexity index is 674. The lowest BCUT2D eigenvalue weighted by Gasteiger charge is -2.34.